The number of hydrogen-bond acceptors (Lipinski definition) is 5. The van der Waals surface area contributed by atoms with E-state index in [1.165, 1.54) is 57.8 Å². The predicted octanol–water partition coefficient (Wildman–Crippen LogP) is 2.32. The molecule has 0 atom stereocenters. The van der Waals surface area contributed by atoms with Gasteiger partial charge in [0.2, 0.25) is 11.9 Å². The van der Waals surface area contributed by atoms with E-state index in [1.807, 2.05) is 6.92 Å². The molecule has 3 fully saturated rings. The zero-order valence-electron chi connectivity index (χ0n) is 18.5. The molecule has 0 aliphatic heterocycles. The third-order valence-electron chi connectivity index (χ3n) is 5.72. The number of rotatable bonds is 5. The van der Waals surface area contributed by atoms with Crippen LogP contribution in [0.25, 0.3) is 0 Å². The zero-order valence-corrected chi connectivity index (χ0v) is 18.5. The Hall–Kier alpha value is -2.16. The van der Waals surface area contributed by atoms with Crippen LogP contribution >= 0.6 is 0 Å². The van der Waals surface area contributed by atoms with Crippen LogP contribution in [0.3, 0.4) is 0 Å². The second kappa shape index (κ2) is 14.0. The molecule has 3 saturated carbocycles. The summed E-state index contributed by atoms with van der Waals surface area (Å²) < 4.78 is 0. The van der Waals surface area contributed by atoms with Crippen LogP contribution in [0.15, 0.2) is 20.2 Å². The van der Waals surface area contributed by atoms with Crippen molar-refractivity contribution in [2.24, 2.45) is 37.4 Å². The van der Waals surface area contributed by atoms with Crippen LogP contribution in [0.2, 0.25) is 0 Å². The Morgan fingerprint density at radius 2 is 1.20 bits per heavy atom. The van der Waals surface area contributed by atoms with Crippen LogP contribution in [0.4, 0.5) is 0 Å². The lowest BCUT2D eigenvalue weighted by Crippen LogP contribution is -2.30. The molecule has 8 N–H and O–H groups in total. The predicted molar refractivity (Wildman–Crippen MR) is 127 cm³/mol. The van der Waals surface area contributed by atoms with E-state index in [4.69, 9.17) is 17.2 Å². The highest BCUT2D eigenvalue weighted by Gasteiger charge is 2.14. The minimum absolute atomic E-state index is 0.333. The fourth-order valence-electron chi connectivity index (χ4n) is 4.02. The summed E-state index contributed by atoms with van der Waals surface area (Å²) in [6, 6.07) is 1.20. The Labute approximate surface area is 181 Å². The summed E-state index contributed by atoms with van der Waals surface area (Å²) in [5.74, 6) is 0.691. The molecular formula is C21H41N9. The Kier molecular flexibility index (Phi) is 11.2. The molecule has 9 heteroatoms. The van der Waals surface area contributed by atoms with E-state index in [1.54, 1.807) is 6.21 Å². The lowest BCUT2D eigenvalue weighted by molar-refractivity contribution is 0.441. The smallest absolute Gasteiger partial charge is 0.209 e. The molecule has 3 aliphatic rings. The largest absolute Gasteiger partial charge is 0.369 e. The first-order valence-electron chi connectivity index (χ1n) is 11.5. The van der Waals surface area contributed by atoms with E-state index >= 15 is 0 Å². The highest BCUT2D eigenvalue weighted by molar-refractivity contribution is 6.29. The van der Waals surface area contributed by atoms with Crippen molar-refractivity contribution in [3.05, 3.63) is 0 Å². The van der Waals surface area contributed by atoms with E-state index in [0.717, 1.165) is 25.7 Å². The summed E-state index contributed by atoms with van der Waals surface area (Å²) >= 11 is 0. The average molecular weight is 420 g/mol. The lowest BCUT2D eigenvalue weighted by atomic mass is 9.97. The van der Waals surface area contributed by atoms with Crippen molar-refractivity contribution in [2.45, 2.75) is 109 Å². The molecule has 30 heavy (non-hydrogen) atoms. The topological polar surface area (TPSA) is 152 Å². The summed E-state index contributed by atoms with van der Waals surface area (Å²) in [4.78, 5) is 8.77. The van der Waals surface area contributed by atoms with Gasteiger partial charge in [0.05, 0.1) is 24.0 Å². The zero-order chi connectivity index (χ0) is 21.6. The number of aliphatic imine (C=N–C) groups is 2. The second-order valence-electron chi connectivity index (χ2n) is 8.54. The van der Waals surface area contributed by atoms with Crippen molar-refractivity contribution in [1.29, 1.82) is 0 Å². The molecule has 0 aromatic rings. The SMILES string of the molecule is CC(C=NNC(N)=NC1CCCC1)=NNC(N)=NC1CCCC1.NC1CCCCC1. The summed E-state index contributed by atoms with van der Waals surface area (Å²) in [6.45, 7) is 1.81. The van der Waals surface area contributed by atoms with Gasteiger partial charge in [-0.25, -0.2) is 20.8 Å². The third-order valence-corrected chi connectivity index (χ3v) is 5.72. The van der Waals surface area contributed by atoms with E-state index < -0.39 is 0 Å². The summed E-state index contributed by atoms with van der Waals surface area (Å²) in [5.41, 5.74) is 23.3. The van der Waals surface area contributed by atoms with Gasteiger partial charge < -0.3 is 17.2 Å². The maximum atomic E-state index is 5.80. The number of hydrogen-bond donors (Lipinski definition) is 5. The summed E-state index contributed by atoms with van der Waals surface area (Å²) in [6.07, 6.45) is 17.6. The van der Waals surface area contributed by atoms with Gasteiger partial charge in [-0.1, -0.05) is 44.9 Å². The fourth-order valence-corrected chi connectivity index (χ4v) is 4.02. The number of nitrogens with one attached hydrogen (secondary N) is 2. The van der Waals surface area contributed by atoms with Gasteiger partial charge in [-0.05, 0) is 45.4 Å². The van der Waals surface area contributed by atoms with Crippen LogP contribution in [0.5, 0.6) is 0 Å². The van der Waals surface area contributed by atoms with E-state index in [-0.39, 0.29) is 0 Å². The number of nitrogens with two attached hydrogens (primary N) is 3. The monoisotopic (exact) mass is 419 g/mol. The molecular weight excluding hydrogens is 378 g/mol. The van der Waals surface area contributed by atoms with Crippen molar-refractivity contribution in [3.8, 4) is 0 Å². The van der Waals surface area contributed by atoms with Crippen molar-refractivity contribution < 1.29 is 0 Å². The minimum atomic E-state index is 0.333. The van der Waals surface area contributed by atoms with Crippen molar-refractivity contribution in [1.82, 2.24) is 10.9 Å². The molecule has 0 spiro atoms. The molecule has 0 saturated heterocycles. The van der Waals surface area contributed by atoms with Gasteiger partial charge in [0.1, 0.15) is 0 Å². The minimum Gasteiger partial charge on any atom is -0.369 e. The van der Waals surface area contributed by atoms with Crippen LogP contribution in [-0.2, 0) is 0 Å². The van der Waals surface area contributed by atoms with Gasteiger partial charge in [-0.3, -0.25) is 0 Å². The van der Waals surface area contributed by atoms with Gasteiger partial charge in [-0.15, -0.1) is 0 Å². The van der Waals surface area contributed by atoms with Crippen molar-refractivity contribution >= 4 is 23.8 Å². The maximum Gasteiger partial charge on any atom is 0.209 e. The van der Waals surface area contributed by atoms with Crippen LogP contribution in [0.1, 0.15) is 90.4 Å². The van der Waals surface area contributed by atoms with Crippen molar-refractivity contribution in [2.75, 3.05) is 0 Å². The van der Waals surface area contributed by atoms with Gasteiger partial charge in [0, 0.05) is 6.04 Å². The Bertz CT molecular complexity index is 594. The molecule has 3 aliphatic carbocycles. The summed E-state index contributed by atoms with van der Waals surface area (Å²) in [5, 5.41) is 8.12. The molecule has 0 unspecified atom stereocenters. The van der Waals surface area contributed by atoms with Gasteiger partial charge in [0.25, 0.3) is 0 Å². The van der Waals surface area contributed by atoms with Crippen LogP contribution in [0, 0.1) is 0 Å². The van der Waals surface area contributed by atoms with Gasteiger partial charge in [-0.2, -0.15) is 10.2 Å². The molecule has 0 radical (unpaired) electrons. The lowest BCUT2D eigenvalue weighted by Gasteiger charge is -2.15. The van der Waals surface area contributed by atoms with Gasteiger partial charge in [0.15, 0.2) is 0 Å². The van der Waals surface area contributed by atoms with Crippen LogP contribution < -0.4 is 28.1 Å². The van der Waals surface area contributed by atoms with Gasteiger partial charge >= 0.3 is 0 Å². The van der Waals surface area contributed by atoms with E-state index in [9.17, 15) is 0 Å². The normalized spacial score (nSPS) is 22.9. The van der Waals surface area contributed by atoms with E-state index in [0.29, 0.717) is 35.8 Å². The number of guanidine groups is 2. The van der Waals surface area contributed by atoms with Crippen LogP contribution in [-0.4, -0.2) is 42.0 Å². The van der Waals surface area contributed by atoms with Crippen molar-refractivity contribution in [3.63, 3.8) is 0 Å². The molecule has 170 valence electrons. The average Bonchev–Trinajstić information content (AvgIpc) is 3.42. The standard InChI is InChI=1S/C15H28N8.C6H13N/c1-11(21-23-15(17)20-13-8-4-5-9-13)10-18-22-14(16)19-12-6-2-3-7-12;7-6-4-2-1-3-5-6/h10,12-13H,2-9H2,1H3,(H3,16,19,22)(H3,17,20,23);6H,1-5,7H2. The molecule has 9 nitrogen and oxygen atoms in total. The molecule has 0 heterocycles. The Morgan fingerprint density at radius 1 is 0.733 bits per heavy atom. The molecule has 0 bridgehead atoms. The summed E-state index contributed by atoms with van der Waals surface area (Å²) in [7, 11) is 0. The van der Waals surface area contributed by atoms with E-state index in [2.05, 4.69) is 31.0 Å². The number of hydrazone groups is 2. The quantitative estimate of drug-likeness (QED) is 0.263. The third kappa shape index (κ3) is 10.6. The highest BCUT2D eigenvalue weighted by Crippen LogP contribution is 2.21. The highest BCUT2D eigenvalue weighted by atomic mass is 15.4. The first-order valence-corrected chi connectivity index (χ1v) is 11.5. The molecule has 3 rings (SSSR count). The fraction of sp³-hybridized carbons (Fsp3) is 0.810. The Morgan fingerprint density at radius 3 is 1.67 bits per heavy atom. The molecule has 0 aromatic heterocycles. The first kappa shape index (κ1) is 24.1. The molecule has 0 aromatic carbocycles. The number of nitrogens with zero attached hydrogens (tertiary/aromatic N) is 4. The first-order chi connectivity index (χ1) is 14.5. The second-order valence-corrected chi connectivity index (χ2v) is 8.54. The maximum absolute atomic E-state index is 5.80. The molecule has 0 amide bonds. The Balaban J connectivity index is 0.000000386.